The summed E-state index contributed by atoms with van der Waals surface area (Å²) in [6.07, 6.45) is 0. The zero-order chi connectivity index (χ0) is 13.9. The van der Waals surface area contributed by atoms with E-state index in [0.29, 0.717) is 10.6 Å². The van der Waals surface area contributed by atoms with Crippen molar-refractivity contribution in [1.82, 2.24) is 0 Å². The van der Waals surface area contributed by atoms with E-state index in [1.165, 1.54) is 0 Å². The second kappa shape index (κ2) is 5.80. The normalized spacial score (nSPS) is 11.5. The van der Waals surface area contributed by atoms with Gasteiger partial charge in [0.2, 0.25) is 8.87 Å². The van der Waals surface area contributed by atoms with Crippen molar-refractivity contribution in [2.24, 2.45) is 0 Å². The van der Waals surface area contributed by atoms with Gasteiger partial charge >= 0.3 is 0 Å². The Morgan fingerprint density at radius 2 is 1.63 bits per heavy atom. The van der Waals surface area contributed by atoms with Crippen molar-refractivity contribution in [2.75, 3.05) is 0 Å². The minimum atomic E-state index is -3.27. The lowest BCUT2D eigenvalue weighted by Crippen LogP contribution is -1.96. The van der Waals surface area contributed by atoms with Crippen molar-refractivity contribution >= 4 is 19.7 Å². The van der Waals surface area contributed by atoms with Crippen LogP contribution in [0.15, 0.2) is 53.4 Å². The Morgan fingerprint density at radius 1 is 0.947 bits per heavy atom. The van der Waals surface area contributed by atoms with Crippen LogP contribution >= 0.6 is 10.8 Å². The number of benzene rings is 2. The average molecular weight is 292 g/mol. The highest BCUT2D eigenvalue weighted by atomic mass is 33.1. The molecule has 0 radical (unpaired) electrons. The summed E-state index contributed by atoms with van der Waals surface area (Å²) in [7, 11) is -2.30. The van der Waals surface area contributed by atoms with Gasteiger partial charge in [-0.25, -0.2) is 8.42 Å². The molecule has 0 spiro atoms. The van der Waals surface area contributed by atoms with E-state index in [1.807, 2.05) is 50.2 Å². The molecule has 0 saturated carbocycles. The zero-order valence-corrected chi connectivity index (χ0v) is 12.6. The minimum Gasteiger partial charge on any atom is -0.212 e. The Hall–Kier alpha value is -1.26. The minimum absolute atomic E-state index is 0.371. The van der Waals surface area contributed by atoms with Gasteiger partial charge in [-0.05, 0) is 42.3 Å². The van der Waals surface area contributed by atoms with Crippen molar-refractivity contribution < 1.29 is 8.42 Å². The Kier molecular flexibility index (Phi) is 4.32. The van der Waals surface area contributed by atoms with Gasteiger partial charge < -0.3 is 0 Å². The van der Waals surface area contributed by atoms with Crippen molar-refractivity contribution in [3.63, 3.8) is 0 Å². The summed E-state index contributed by atoms with van der Waals surface area (Å²) >= 11 is 0. The van der Waals surface area contributed by atoms with E-state index in [-0.39, 0.29) is 0 Å². The lowest BCUT2D eigenvalue weighted by Gasteiger charge is -2.05. The highest BCUT2D eigenvalue weighted by Crippen LogP contribution is 2.27. The molecular formula is C15H16O2S2. The number of hydrogen-bond donors (Lipinski definition) is 0. The Balaban J connectivity index is 2.12. The molecule has 0 aliphatic heterocycles. The molecule has 100 valence electrons. The molecule has 0 fully saturated rings. The fourth-order valence-corrected chi connectivity index (χ4v) is 4.41. The van der Waals surface area contributed by atoms with Crippen molar-refractivity contribution in [2.45, 2.75) is 24.5 Å². The first-order valence-corrected chi connectivity index (χ1v) is 8.97. The van der Waals surface area contributed by atoms with E-state index in [0.717, 1.165) is 27.5 Å². The summed E-state index contributed by atoms with van der Waals surface area (Å²) < 4.78 is 24.3. The first-order valence-electron chi connectivity index (χ1n) is 5.99. The number of aryl methyl sites for hydroxylation is 2. The molecule has 0 atom stereocenters. The maximum absolute atomic E-state index is 12.2. The number of hydrogen-bond acceptors (Lipinski definition) is 3. The maximum atomic E-state index is 12.2. The monoisotopic (exact) mass is 292 g/mol. The van der Waals surface area contributed by atoms with Gasteiger partial charge in [-0.1, -0.05) is 47.5 Å². The molecule has 0 heterocycles. The Bertz CT molecular complexity index is 659. The van der Waals surface area contributed by atoms with Crippen LogP contribution in [0.3, 0.4) is 0 Å². The number of rotatable bonds is 4. The molecule has 0 saturated heterocycles. The van der Waals surface area contributed by atoms with Gasteiger partial charge in [0.05, 0.1) is 4.90 Å². The van der Waals surface area contributed by atoms with Crippen molar-refractivity contribution in [3.8, 4) is 0 Å². The van der Waals surface area contributed by atoms with E-state index in [9.17, 15) is 8.42 Å². The maximum Gasteiger partial charge on any atom is 0.230 e. The molecular weight excluding hydrogens is 276 g/mol. The predicted octanol–water partition coefficient (Wildman–Crippen LogP) is 3.93. The molecule has 2 nitrogen and oxygen atoms in total. The van der Waals surface area contributed by atoms with Crippen LogP contribution in [0.25, 0.3) is 0 Å². The van der Waals surface area contributed by atoms with E-state index < -0.39 is 8.87 Å². The first-order chi connectivity index (χ1) is 8.97. The van der Waals surface area contributed by atoms with Gasteiger partial charge in [0.1, 0.15) is 0 Å². The summed E-state index contributed by atoms with van der Waals surface area (Å²) in [4.78, 5) is 0.371. The van der Waals surface area contributed by atoms with E-state index in [4.69, 9.17) is 0 Å². The van der Waals surface area contributed by atoms with Crippen LogP contribution in [0.4, 0.5) is 0 Å². The summed E-state index contributed by atoms with van der Waals surface area (Å²) in [5.41, 5.74) is 3.23. The van der Waals surface area contributed by atoms with E-state index >= 15 is 0 Å². The predicted molar refractivity (Wildman–Crippen MR) is 80.8 cm³/mol. The van der Waals surface area contributed by atoms with Gasteiger partial charge in [0.25, 0.3) is 0 Å². The molecule has 0 aliphatic carbocycles. The standard InChI is InChI=1S/C15H16O2S2/c1-12-6-8-15(9-7-12)19(16,17)18-11-14-5-3-4-13(2)10-14/h3-10H,11H2,1-2H3. The van der Waals surface area contributed by atoms with Crippen LogP contribution in [0.5, 0.6) is 0 Å². The average Bonchev–Trinajstić information content (AvgIpc) is 2.37. The van der Waals surface area contributed by atoms with E-state index in [1.54, 1.807) is 12.1 Å². The van der Waals surface area contributed by atoms with Gasteiger partial charge in [-0.2, -0.15) is 0 Å². The Labute approximate surface area is 118 Å². The van der Waals surface area contributed by atoms with Crippen LogP contribution in [0, 0.1) is 13.8 Å². The molecule has 19 heavy (non-hydrogen) atoms. The molecule has 0 amide bonds. The first kappa shape index (κ1) is 14.2. The highest BCUT2D eigenvalue weighted by molar-refractivity contribution is 8.71. The lowest BCUT2D eigenvalue weighted by atomic mass is 10.2. The third-order valence-electron chi connectivity index (χ3n) is 2.77. The SMILES string of the molecule is Cc1ccc(S(=O)(=O)SCc2cccc(C)c2)cc1. The summed E-state index contributed by atoms with van der Waals surface area (Å²) in [6.45, 7) is 3.94. The van der Waals surface area contributed by atoms with Crippen molar-refractivity contribution in [1.29, 1.82) is 0 Å². The van der Waals surface area contributed by atoms with Gasteiger partial charge in [-0.3, -0.25) is 0 Å². The van der Waals surface area contributed by atoms with Gasteiger partial charge in [0.15, 0.2) is 0 Å². The summed E-state index contributed by atoms with van der Waals surface area (Å²) in [5, 5.41) is 0. The second-order valence-electron chi connectivity index (χ2n) is 4.52. The van der Waals surface area contributed by atoms with Crippen molar-refractivity contribution in [3.05, 3.63) is 65.2 Å². The molecule has 2 rings (SSSR count). The fourth-order valence-electron chi connectivity index (χ4n) is 1.72. The molecule has 0 bridgehead atoms. The quantitative estimate of drug-likeness (QED) is 0.801. The van der Waals surface area contributed by atoms with Crippen LogP contribution in [-0.4, -0.2) is 8.42 Å². The van der Waals surface area contributed by atoms with Crippen LogP contribution in [0.1, 0.15) is 16.7 Å². The molecule has 2 aromatic carbocycles. The summed E-state index contributed by atoms with van der Waals surface area (Å²) in [5.74, 6) is 0.470. The summed E-state index contributed by atoms with van der Waals surface area (Å²) in [6, 6.07) is 14.9. The second-order valence-corrected chi connectivity index (χ2v) is 8.45. The molecule has 4 heteroatoms. The molecule has 0 aliphatic rings. The third kappa shape index (κ3) is 3.85. The lowest BCUT2D eigenvalue weighted by molar-refractivity contribution is 0.610. The van der Waals surface area contributed by atoms with E-state index in [2.05, 4.69) is 0 Å². The van der Waals surface area contributed by atoms with Gasteiger partial charge in [-0.15, -0.1) is 0 Å². The van der Waals surface area contributed by atoms with Crippen LogP contribution < -0.4 is 0 Å². The fraction of sp³-hybridized carbons (Fsp3) is 0.200. The topological polar surface area (TPSA) is 34.1 Å². The van der Waals surface area contributed by atoms with Crippen LogP contribution in [-0.2, 0) is 14.6 Å². The molecule has 0 aromatic heterocycles. The Morgan fingerprint density at radius 3 is 2.26 bits per heavy atom. The smallest absolute Gasteiger partial charge is 0.212 e. The zero-order valence-electron chi connectivity index (χ0n) is 11.0. The largest absolute Gasteiger partial charge is 0.230 e. The third-order valence-corrected chi connectivity index (χ3v) is 6.25. The molecule has 0 N–H and O–H groups in total. The van der Waals surface area contributed by atoms with Gasteiger partial charge in [0, 0.05) is 5.75 Å². The van der Waals surface area contributed by atoms with Crippen LogP contribution in [0.2, 0.25) is 0 Å². The highest BCUT2D eigenvalue weighted by Gasteiger charge is 2.14. The molecule has 2 aromatic rings. The molecule has 0 unspecified atom stereocenters.